The number of aromatic nitrogens is 1. The molecule has 5 nitrogen and oxygen atoms in total. The smallest absolute Gasteiger partial charge is 0.229 e. The summed E-state index contributed by atoms with van der Waals surface area (Å²) in [6, 6.07) is 9.46. The number of ether oxygens (including phenoxy) is 2. The van der Waals surface area contributed by atoms with Gasteiger partial charge in [-0.25, -0.2) is 4.98 Å². The van der Waals surface area contributed by atoms with Crippen molar-refractivity contribution in [3.8, 4) is 22.1 Å². The molecule has 1 aromatic carbocycles. The Hall–Kier alpha value is -2.38. The predicted octanol–water partition coefficient (Wildman–Crippen LogP) is 4.13. The van der Waals surface area contributed by atoms with E-state index in [0.717, 1.165) is 20.5 Å². The van der Waals surface area contributed by atoms with Crippen molar-refractivity contribution in [2.45, 2.75) is 13.3 Å². The van der Waals surface area contributed by atoms with Crippen LogP contribution in [-0.4, -0.2) is 24.1 Å². The molecule has 128 valence electrons. The predicted molar refractivity (Wildman–Crippen MR) is 99.9 cm³/mol. The number of rotatable bonds is 4. The molecule has 2 aromatic heterocycles. The number of nitrogens with one attached hydrogen (secondary N) is 1. The van der Waals surface area contributed by atoms with Crippen molar-refractivity contribution in [1.82, 2.24) is 4.98 Å². The Morgan fingerprint density at radius 1 is 1.24 bits per heavy atom. The first-order valence-corrected chi connectivity index (χ1v) is 9.58. The van der Waals surface area contributed by atoms with Gasteiger partial charge in [0, 0.05) is 16.6 Å². The van der Waals surface area contributed by atoms with Gasteiger partial charge >= 0.3 is 0 Å². The van der Waals surface area contributed by atoms with E-state index in [4.69, 9.17) is 9.47 Å². The molecule has 4 rings (SSSR count). The third-order valence-electron chi connectivity index (χ3n) is 3.71. The lowest BCUT2D eigenvalue weighted by molar-refractivity contribution is -0.115. The van der Waals surface area contributed by atoms with Gasteiger partial charge in [-0.2, -0.15) is 0 Å². The Morgan fingerprint density at radius 3 is 2.88 bits per heavy atom. The minimum absolute atomic E-state index is 0.0712. The third-order valence-corrected chi connectivity index (χ3v) is 5.55. The lowest BCUT2D eigenvalue weighted by Crippen LogP contribution is -2.17. The zero-order valence-electron chi connectivity index (χ0n) is 13.6. The van der Waals surface area contributed by atoms with Gasteiger partial charge in [-0.3, -0.25) is 4.79 Å². The molecule has 0 fully saturated rings. The lowest BCUT2D eigenvalue weighted by Gasteiger charge is -2.19. The van der Waals surface area contributed by atoms with Crippen LogP contribution in [0.5, 0.6) is 11.5 Å². The number of carbonyl (C=O) groups is 1. The number of benzene rings is 1. The number of thiophene rings is 1. The van der Waals surface area contributed by atoms with E-state index in [2.05, 4.69) is 10.3 Å². The molecule has 0 spiro atoms. The van der Waals surface area contributed by atoms with Crippen LogP contribution in [0.25, 0.3) is 10.6 Å². The van der Waals surface area contributed by atoms with E-state index in [1.54, 1.807) is 28.7 Å². The average molecular weight is 372 g/mol. The van der Waals surface area contributed by atoms with Crippen molar-refractivity contribution in [3.05, 3.63) is 45.6 Å². The average Bonchev–Trinajstić information content (AvgIpc) is 3.24. The molecule has 1 aliphatic heterocycles. The molecule has 3 heterocycles. The molecule has 0 saturated heterocycles. The van der Waals surface area contributed by atoms with Gasteiger partial charge in [-0.05, 0) is 30.5 Å². The Kier molecular flexibility index (Phi) is 4.42. The monoisotopic (exact) mass is 372 g/mol. The van der Waals surface area contributed by atoms with Crippen LogP contribution in [0.3, 0.4) is 0 Å². The van der Waals surface area contributed by atoms with Crippen LogP contribution in [0, 0.1) is 6.92 Å². The minimum atomic E-state index is -0.0712. The molecule has 0 saturated carbocycles. The number of hydrogen-bond acceptors (Lipinski definition) is 6. The first kappa shape index (κ1) is 16.1. The Balaban J connectivity index is 1.50. The largest absolute Gasteiger partial charge is 0.486 e. The maximum Gasteiger partial charge on any atom is 0.229 e. The maximum atomic E-state index is 12.5. The molecule has 7 heteroatoms. The van der Waals surface area contributed by atoms with Gasteiger partial charge in [0.15, 0.2) is 11.5 Å². The van der Waals surface area contributed by atoms with Crippen molar-refractivity contribution >= 4 is 34.3 Å². The summed E-state index contributed by atoms with van der Waals surface area (Å²) in [7, 11) is 0. The summed E-state index contributed by atoms with van der Waals surface area (Å²) in [6.45, 7) is 3.04. The summed E-state index contributed by atoms with van der Waals surface area (Å²) in [5.41, 5.74) is 1.61. The first-order valence-electron chi connectivity index (χ1n) is 7.89. The quantitative estimate of drug-likeness (QED) is 0.748. The van der Waals surface area contributed by atoms with E-state index in [0.29, 0.717) is 36.8 Å². The summed E-state index contributed by atoms with van der Waals surface area (Å²) in [5.74, 6) is 1.30. The first-order chi connectivity index (χ1) is 12.2. The van der Waals surface area contributed by atoms with E-state index >= 15 is 0 Å². The number of carbonyl (C=O) groups excluding carboxylic acids is 1. The molecular weight excluding hydrogens is 356 g/mol. The van der Waals surface area contributed by atoms with E-state index < -0.39 is 0 Å². The summed E-state index contributed by atoms with van der Waals surface area (Å²) in [6.07, 6.45) is 0.299. The molecule has 0 atom stereocenters. The van der Waals surface area contributed by atoms with Gasteiger partial charge in [0.2, 0.25) is 5.91 Å². The fourth-order valence-electron chi connectivity index (χ4n) is 2.67. The zero-order chi connectivity index (χ0) is 17.2. The fourth-order valence-corrected chi connectivity index (χ4v) is 4.42. The van der Waals surface area contributed by atoms with Crippen LogP contribution in [0.4, 0.5) is 5.69 Å². The number of aryl methyl sites for hydroxylation is 1. The molecule has 3 aromatic rings. The fraction of sp³-hybridized carbons (Fsp3) is 0.222. The molecule has 0 radical (unpaired) electrons. The van der Waals surface area contributed by atoms with E-state index in [1.165, 1.54) is 0 Å². The van der Waals surface area contributed by atoms with Gasteiger partial charge in [-0.1, -0.05) is 6.07 Å². The van der Waals surface area contributed by atoms with Crippen LogP contribution in [-0.2, 0) is 11.2 Å². The highest BCUT2D eigenvalue weighted by molar-refractivity contribution is 7.15. The SMILES string of the molecule is Cc1nc(-c2cccs2)c(CC(=O)Nc2ccc3c(c2)OCCO3)s1. The van der Waals surface area contributed by atoms with Crippen molar-refractivity contribution in [2.75, 3.05) is 18.5 Å². The molecule has 0 aliphatic carbocycles. The van der Waals surface area contributed by atoms with E-state index in [-0.39, 0.29) is 5.91 Å². The summed E-state index contributed by atoms with van der Waals surface area (Å²) in [4.78, 5) is 19.1. The molecular formula is C18H16N2O3S2. The van der Waals surface area contributed by atoms with Gasteiger partial charge in [0.05, 0.1) is 22.0 Å². The normalized spacial score (nSPS) is 12.8. The highest BCUT2D eigenvalue weighted by atomic mass is 32.1. The van der Waals surface area contributed by atoms with Gasteiger partial charge in [0.1, 0.15) is 13.2 Å². The molecule has 0 bridgehead atoms. The summed E-state index contributed by atoms with van der Waals surface area (Å²) < 4.78 is 11.0. The Labute approximate surface area is 153 Å². The number of thiazole rings is 1. The van der Waals surface area contributed by atoms with Gasteiger partial charge < -0.3 is 14.8 Å². The number of fused-ring (bicyclic) bond motifs is 1. The second-order valence-corrected chi connectivity index (χ2v) is 7.80. The maximum absolute atomic E-state index is 12.5. The van der Waals surface area contributed by atoms with E-state index in [9.17, 15) is 4.79 Å². The number of hydrogen-bond donors (Lipinski definition) is 1. The summed E-state index contributed by atoms with van der Waals surface area (Å²) in [5, 5.41) is 5.91. The standard InChI is InChI=1S/C18H16N2O3S2/c1-11-19-18(15-3-2-8-24-15)16(25-11)10-17(21)20-12-4-5-13-14(9-12)23-7-6-22-13/h2-5,8-9H,6-7,10H2,1H3,(H,20,21). The zero-order valence-corrected chi connectivity index (χ0v) is 15.2. The lowest BCUT2D eigenvalue weighted by atomic mass is 10.2. The Morgan fingerprint density at radius 2 is 2.08 bits per heavy atom. The topological polar surface area (TPSA) is 60.5 Å². The van der Waals surface area contributed by atoms with Gasteiger partial charge in [0.25, 0.3) is 0 Å². The molecule has 1 amide bonds. The molecule has 25 heavy (non-hydrogen) atoms. The summed E-state index contributed by atoms with van der Waals surface area (Å²) >= 11 is 3.20. The van der Waals surface area contributed by atoms with Crippen LogP contribution >= 0.6 is 22.7 Å². The van der Waals surface area contributed by atoms with Crippen LogP contribution in [0.2, 0.25) is 0 Å². The van der Waals surface area contributed by atoms with Crippen molar-refractivity contribution < 1.29 is 14.3 Å². The number of nitrogens with zero attached hydrogens (tertiary/aromatic N) is 1. The second kappa shape index (κ2) is 6.85. The Bertz CT molecular complexity index is 903. The minimum Gasteiger partial charge on any atom is -0.486 e. The van der Waals surface area contributed by atoms with Crippen LogP contribution in [0.1, 0.15) is 9.88 Å². The van der Waals surface area contributed by atoms with Crippen LogP contribution in [0.15, 0.2) is 35.7 Å². The number of amides is 1. The number of anilines is 1. The molecule has 1 N–H and O–H groups in total. The highest BCUT2D eigenvalue weighted by Crippen LogP contribution is 2.34. The van der Waals surface area contributed by atoms with Crippen molar-refractivity contribution in [3.63, 3.8) is 0 Å². The highest BCUT2D eigenvalue weighted by Gasteiger charge is 2.17. The third kappa shape index (κ3) is 3.52. The van der Waals surface area contributed by atoms with Crippen LogP contribution < -0.4 is 14.8 Å². The second-order valence-electron chi connectivity index (χ2n) is 5.57. The van der Waals surface area contributed by atoms with Crippen molar-refractivity contribution in [2.24, 2.45) is 0 Å². The molecule has 1 aliphatic rings. The van der Waals surface area contributed by atoms with Gasteiger partial charge in [-0.15, -0.1) is 22.7 Å². The van der Waals surface area contributed by atoms with Crippen molar-refractivity contribution in [1.29, 1.82) is 0 Å². The molecule has 0 unspecified atom stereocenters. The van der Waals surface area contributed by atoms with E-state index in [1.807, 2.05) is 36.6 Å².